The Morgan fingerprint density at radius 1 is 1.17 bits per heavy atom. The molecule has 122 valence electrons. The molecule has 0 aliphatic rings. The molecule has 0 aromatic heterocycles. The first-order chi connectivity index (χ1) is 11.0. The van der Waals surface area contributed by atoms with E-state index in [1.165, 1.54) is 0 Å². The van der Waals surface area contributed by atoms with Crippen LogP contribution in [0.15, 0.2) is 58.5 Å². The number of rotatable bonds is 6. The normalized spacial score (nSPS) is 12.0. The first-order valence-electron chi connectivity index (χ1n) is 7.25. The van der Waals surface area contributed by atoms with Crippen LogP contribution in [-0.2, 0) is 10.0 Å². The van der Waals surface area contributed by atoms with Crippen molar-refractivity contribution in [3.05, 3.63) is 59.7 Å². The van der Waals surface area contributed by atoms with E-state index in [0.717, 1.165) is 11.1 Å². The van der Waals surface area contributed by atoms with E-state index in [4.69, 9.17) is 4.74 Å². The fourth-order valence-electron chi connectivity index (χ4n) is 2.04. The molecule has 0 unspecified atom stereocenters. The smallest absolute Gasteiger partial charge is 0.276 e. The van der Waals surface area contributed by atoms with Crippen LogP contribution < -0.4 is 9.57 Å². The van der Waals surface area contributed by atoms with Crippen LogP contribution in [0, 0.1) is 6.92 Å². The first kappa shape index (κ1) is 17.0. The third-order valence-electron chi connectivity index (χ3n) is 3.37. The average molecular weight is 332 g/mol. The van der Waals surface area contributed by atoms with Crippen LogP contribution in [0.25, 0.3) is 0 Å². The molecule has 6 heteroatoms. The van der Waals surface area contributed by atoms with Gasteiger partial charge in [-0.15, -0.1) is 0 Å². The summed E-state index contributed by atoms with van der Waals surface area (Å²) >= 11 is 0. The lowest BCUT2D eigenvalue weighted by Crippen LogP contribution is -2.20. The van der Waals surface area contributed by atoms with Crippen molar-refractivity contribution in [2.75, 3.05) is 7.11 Å². The molecule has 0 atom stereocenters. The monoisotopic (exact) mass is 332 g/mol. The maximum absolute atomic E-state index is 12.3. The van der Waals surface area contributed by atoms with E-state index >= 15 is 0 Å². The lowest BCUT2D eigenvalue weighted by molar-refractivity contribution is 0.414. The summed E-state index contributed by atoms with van der Waals surface area (Å²) in [6, 6.07) is 14.0. The van der Waals surface area contributed by atoms with Gasteiger partial charge in [-0.3, -0.25) is 0 Å². The molecule has 0 saturated heterocycles. The minimum atomic E-state index is -3.67. The number of methoxy groups -OCH3 is 1. The molecule has 0 heterocycles. The Balaban J connectivity index is 2.26. The molecule has 0 amide bonds. The third kappa shape index (κ3) is 4.32. The number of nitrogens with zero attached hydrogens (tertiary/aromatic N) is 1. The highest BCUT2D eigenvalue weighted by molar-refractivity contribution is 7.89. The summed E-state index contributed by atoms with van der Waals surface area (Å²) in [7, 11) is -2.09. The number of aryl methyl sites for hydroxylation is 1. The summed E-state index contributed by atoms with van der Waals surface area (Å²) in [4.78, 5) is 2.49. The zero-order valence-corrected chi connectivity index (χ0v) is 14.2. The van der Waals surface area contributed by atoms with E-state index in [9.17, 15) is 8.42 Å². The predicted molar refractivity (Wildman–Crippen MR) is 91.3 cm³/mol. The van der Waals surface area contributed by atoms with Gasteiger partial charge in [0.2, 0.25) is 0 Å². The van der Waals surface area contributed by atoms with Gasteiger partial charge in [-0.2, -0.15) is 18.4 Å². The molecule has 0 aliphatic carbocycles. The molecule has 1 N–H and O–H groups in total. The van der Waals surface area contributed by atoms with Crippen LogP contribution in [0.5, 0.6) is 5.75 Å². The number of nitrogens with one attached hydrogen (secondary N) is 1. The van der Waals surface area contributed by atoms with E-state index in [0.29, 0.717) is 17.9 Å². The molecule has 0 aliphatic heterocycles. The molecule has 0 saturated carbocycles. The Morgan fingerprint density at radius 2 is 1.87 bits per heavy atom. The summed E-state index contributed by atoms with van der Waals surface area (Å²) in [6.07, 6.45) is 0.587. The standard InChI is InChI=1S/C17H20N2O3S/c1-4-17(14-6-5-7-15(12-14)22-3)18-19-23(20,21)16-10-8-13(2)9-11-16/h5-12,19H,4H2,1-3H3/b18-17+. The van der Waals surface area contributed by atoms with Crippen LogP contribution in [0.2, 0.25) is 0 Å². The van der Waals surface area contributed by atoms with Gasteiger partial charge in [0.15, 0.2) is 0 Å². The second kappa shape index (κ2) is 7.28. The molecule has 23 heavy (non-hydrogen) atoms. The van der Waals surface area contributed by atoms with Gasteiger partial charge in [-0.05, 0) is 37.6 Å². The molecule has 2 aromatic carbocycles. The lowest BCUT2D eigenvalue weighted by Gasteiger charge is -2.08. The van der Waals surface area contributed by atoms with Gasteiger partial charge in [0.25, 0.3) is 10.0 Å². The Kier molecular flexibility index (Phi) is 5.39. The molecule has 2 rings (SSSR count). The van der Waals surface area contributed by atoms with Crippen LogP contribution in [0.1, 0.15) is 24.5 Å². The highest BCUT2D eigenvalue weighted by atomic mass is 32.2. The number of ether oxygens (including phenoxy) is 1. The Hall–Kier alpha value is -2.34. The summed E-state index contributed by atoms with van der Waals surface area (Å²) in [5.41, 5.74) is 2.45. The zero-order valence-electron chi connectivity index (χ0n) is 13.4. The van der Waals surface area contributed by atoms with E-state index in [2.05, 4.69) is 9.93 Å². The minimum absolute atomic E-state index is 0.188. The largest absolute Gasteiger partial charge is 0.497 e. The van der Waals surface area contributed by atoms with Gasteiger partial charge < -0.3 is 4.74 Å². The number of sulfonamides is 1. The predicted octanol–water partition coefficient (Wildman–Crippen LogP) is 3.10. The van der Waals surface area contributed by atoms with E-state index in [1.54, 1.807) is 31.4 Å². The summed E-state index contributed by atoms with van der Waals surface area (Å²) in [6.45, 7) is 3.82. The summed E-state index contributed by atoms with van der Waals surface area (Å²) < 4.78 is 29.7. The molecule has 2 aromatic rings. The molecule has 0 radical (unpaired) electrons. The van der Waals surface area contributed by atoms with Crippen molar-refractivity contribution in [1.82, 2.24) is 4.83 Å². The van der Waals surface area contributed by atoms with Gasteiger partial charge in [-0.25, -0.2) is 0 Å². The molecule has 0 bridgehead atoms. The minimum Gasteiger partial charge on any atom is -0.497 e. The van der Waals surface area contributed by atoms with Crippen LogP contribution in [-0.4, -0.2) is 21.2 Å². The van der Waals surface area contributed by atoms with E-state index in [1.807, 2.05) is 38.1 Å². The van der Waals surface area contributed by atoms with Crippen LogP contribution >= 0.6 is 0 Å². The van der Waals surface area contributed by atoms with Gasteiger partial charge >= 0.3 is 0 Å². The summed E-state index contributed by atoms with van der Waals surface area (Å²) in [5.74, 6) is 0.699. The number of hydrogen-bond donors (Lipinski definition) is 1. The number of hydrogen-bond acceptors (Lipinski definition) is 4. The van der Waals surface area contributed by atoms with Crippen molar-refractivity contribution >= 4 is 15.7 Å². The lowest BCUT2D eigenvalue weighted by atomic mass is 10.1. The van der Waals surface area contributed by atoms with Gasteiger partial charge in [0.1, 0.15) is 5.75 Å². The van der Waals surface area contributed by atoms with E-state index < -0.39 is 10.0 Å². The molecular weight excluding hydrogens is 312 g/mol. The van der Waals surface area contributed by atoms with Gasteiger partial charge in [0.05, 0.1) is 17.7 Å². The van der Waals surface area contributed by atoms with Crippen molar-refractivity contribution in [1.29, 1.82) is 0 Å². The Labute approximate surface area is 137 Å². The zero-order chi connectivity index (χ0) is 16.9. The van der Waals surface area contributed by atoms with Crippen molar-refractivity contribution in [3.8, 4) is 5.75 Å². The SMILES string of the molecule is CC/C(=N\NS(=O)(=O)c1ccc(C)cc1)c1cccc(OC)c1. The van der Waals surface area contributed by atoms with Gasteiger partial charge in [0, 0.05) is 5.56 Å². The molecule has 0 spiro atoms. The van der Waals surface area contributed by atoms with Crippen LogP contribution in [0.4, 0.5) is 0 Å². The van der Waals surface area contributed by atoms with Crippen molar-refractivity contribution in [2.24, 2.45) is 5.10 Å². The topological polar surface area (TPSA) is 67.8 Å². The maximum atomic E-state index is 12.3. The second-order valence-electron chi connectivity index (χ2n) is 5.05. The molecular formula is C17H20N2O3S. The van der Waals surface area contributed by atoms with E-state index in [-0.39, 0.29) is 4.90 Å². The third-order valence-corrected chi connectivity index (χ3v) is 4.59. The molecule has 5 nitrogen and oxygen atoms in total. The maximum Gasteiger partial charge on any atom is 0.276 e. The quantitative estimate of drug-likeness (QED) is 0.653. The fourth-order valence-corrected chi connectivity index (χ4v) is 2.87. The highest BCUT2D eigenvalue weighted by Crippen LogP contribution is 2.15. The van der Waals surface area contributed by atoms with Crippen molar-refractivity contribution in [3.63, 3.8) is 0 Å². The van der Waals surface area contributed by atoms with Gasteiger partial charge in [-0.1, -0.05) is 36.8 Å². The second-order valence-corrected chi connectivity index (χ2v) is 6.71. The average Bonchev–Trinajstić information content (AvgIpc) is 2.56. The highest BCUT2D eigenvalue weighted by Gasteiger charge is 2.13. The summed E-state index contributed by atoms with van der Waals surface area (Å²) in [5, 5.41) is 4.08. The Morgan fingerprint density at radius 3 is 2.48 bits per heavy atom. The fraction of sp³-hybridized carbons (Fsp3) is 0.235. The van der Waals surface area contributed by atoms with Crippen molar-refractivity contribution < 1.29 is 13.2 Å². The van der Waals surface area contributed by atoms with Crippen molar-refractivity contribution in [2.45, 2.75) is 25.2 Å². The number of hydrazone groups is 1. The first-order valence-corrected chi connectivity index (χ1v) is 8.74. The Bertz CT molecular complexity index is 797. The van der Waals surface area contributed by atoms with Crippen LogP contribution in [0.3, 0.4) is 0 Å². The number of benzene rings is 2. The molecule has 0 fully saturated rings.